The Labute approximate surface area is 259 Å². The molecule has 2 fully saturated rings. The van der Waals surface area contributed by atoms with E-state index < -0.39 is 23.3 Å². The summed E-state index contributed by atoms with van der Waals surface area (Å²) < 4.78 is 59.8. The highest BCUT2D eigenvalue weighted by Gasteiger charge is 2.41. The van der Waals surface area contributed by atoms with E-state index in [1.54, 1.807) is 0 Å². The zero-order valence-electron chi connectivity index (χ0n) is 26.2. The van der Waals surface area contributed by atoms with Gasteiger partial charge >= 0.3 is 0 Å². The van der Waals surface area contributed by atoms with Gasteiger partial charge in [0.1, 0.15) is 35.4 Å². The normalized spacial score (nSPS) is 23.7. The van der Waals surface area contributed by atoms with Crippen molar-refractivity contribution < 1.29 is 22.6 Å². The molecule has 1 spiro atoms. The van der Waals surface area contributed by atoms with Gasteiger partial charge in [0.25, 0.3) is 0 Å². The molecule has 236 valence electrons. The van der Waals surface area contributed by atoms with Crippen LogP contribution in [0, 0.1) is 17.0 Å². The quantitative estimate of drug-likeness (QED) is 0.280. The van der Waals surface area contributed by atoms with Crippen molar-refractivity contribution >= 4 is 0 Å². The summed E-state index contributed by atoms with van der Waals surface area (Å²) in [5, 5.41) is 3.44. The number of benzene rings is 3. The summed E-state index contributed by atoms with van der Waals surface area (Å²) in [6, 6.07) is 17.3. The molecule has 44 heavy (non-hydrogen) atoms. The Hall–Kier alpha value is -3.03. The van der Waals surface area contributed by atoms with Crippen molar-refractivity contribution in [3.8, 4) is 11.5 Å². The Morgan fingerprint density at radius 3 is 2.39 bits per heavy atom. The number of fused-ring (bicyclic) bond motifs is 1. The number of alkyl halides is 1. The fraction of sp³-hybridized carbons (Fsp3) is 0.514. The molecule has 0 radical (unpaired) electrons. The Morgan fingerprint density at radius 1 is 0.955 bits per heavy atom. The molecule has 1 saturated carbocycles. The van der Waals surface area contributed by atoms with Crippen LogP contribution in [0.3, 0.4) is 0 Å². The van der Waals surface area contributed by atoms with Crippen LogP contribution < -0.4 is 14.8 Å². The second-order valence-electron chi connectivity index (χ2n) is 13.9. The number of ether oxygens (including phenoxy) is 2. The van der Waals surface area contributed by atoms with Crippen molar-refractivity contribution in [3.63, 3.8) is 0 Å². The van der Waals surface area contributed by atoms with Crippen molar-refractivity contribution in [3.05, 3.63) is 94.6 Å². The maximum Gasteiger partial charge on any atom is 0.134 e. The van der Waals surface area contributed by atoms with E-state index in [0.29, 0.717) is 18.8 Å². The number of piperidine rings is 1. The number of nitrogens with zero attached hydrogens (tertiary/aromatic N) is 1. The maximum atomic E-state index is 16.1. The first kappa shape index (κ1) is 31.0. The van der Waals surface area contributed by atoms with Crippen LogP contribution in [0.2, 0.25) is 0 Å². The second kappa shape index (κ2) is 12.8. The van der Waals surface area contributed by atoms with Gasteiger partial charge in [0, 0.05) is 30.3 Å². The molecule has 6 rings (SSSR count). The van der Waals surface area contributed by atoms with E-state index >= 15 is 13.2 Å². The van der Waals surface area contributed by atoms with Gasteiger partial charge in [-0.3, -0.25) is 4.90 Å². The van der Waals surface area contributed by atoms with Crippen molar-refractivity contribution in [1.29, 1.82) is 0 Å². The molecule has 3 aliphatic rings. The molecule has 4 nitrogen and oxygen atoms in total. The van der Waals surface area contributed by atoms with Crippen LogP contribution in [-0.2, 0) is 13.0 Å². The Bertz CT molecular complexity index is 1410. The minimum Gasteiger partial charge on any atom is -0.490 e. The third-order valence-electron chi connectivity index (χ3n) is 9.82. The molecule has 3 aromatic rings. The average molecular weight is 607 g/mol. The predicted octanol–water partition coefficient (Wildman–Crippen LogP) is 8.32. The van der Waals surface area contributed by atoms with E-state index in [4.69, 9.17) is 9.47 Å². The molecule has 2 heterocycles. The van der Waals surface area contributed by atoms with Gasteiger partial charge in [-0.1, -0.05) is 36.4 Å². The number of nitrogens with one attached hydrogen (secondary N) is 1. The third-order valence-corrected chi connectivity index (χ3v) is 9.82. The van der Waals surface area contributed by atoms with Gasteiger partial charge in [0.2, 0.25) is 0 Å². The number of rotatable bonds is 8. The Morgan fingerprint density at radius 2 is 1.68 bits per heavy atom. The summed E-state index contributed by atoms with van der Waals surface area (Å²) in [4.78, 5) is 1.90. The van der Waals surface area contributed by atoms with Crippen molar-refractivity contribution in [1.82, 2.24) is 10.2 Å². The average Bonchev–Trinajstić information content (AvgIpc) is 2.97. The van der Waals surface area contributed by atoms with Gasteiger partial charge in [-0.05, 0) is 113 Å². The number of hydrogen-bond donors (Lipinski definition) is 1. The molecule has 1 N–H and O–H groups in total. The van der Waals surface area contributed by atoms with Gasteiger partial charge in [-0.15, -0.1) is 0 Å². The second-order valence-corrected chi connectivity index (χ2v) is 13.9. The molecule has 1 saturated heterocycles. The molecule has 3 atom stereocenters. The highest BCUT2D eigenvalue weighted by molar-refractivity contribution is 5.46. The van der Waals surface area contributed by atoms with Crippen LogP contribution in [0.1, 0.15) is 87.6 Å². The van der Waals surface area contributed by atoms with Crippen LogP contribution in [0.25, 0.3) is 0 Å². The molecule has 2 unspecified atom stereocenters. The minimum absolute atomic E-state index is 0.0423. The summed E-state index contributed by atoms with van der Waals surface area (Å²) >= 11 is 0. The van der Waals surface area contributed by atoms with Crippen molar-refractivity contribution in [2.24, 2.45) is 5.41 Å². The Balaban J connectivity index is 1.29. The zero-order chi connectivity index (χ0) is 30.9. The summed E-state index contributed by atoms with van der Waals surface area (Å²) in [5.74, 6) is -0.403. The lowest BCUT2D eigenvalue weighted by molar-refractivity contribution is 0.0409. The van der Waals surface area contributed by atoms with Gasteiger partial charge in [0.05, 0.1) is 12.1 Å². The number of hydrogen-bond acceptors (Lipinski definition) is 4. The maximum absolute atomic E-state index is 16.1. The molecular formula is C37H45F3N2O2. The van der Waals surface area contributed by atoms with Crippen LogP contribution >= 0.6 is 0 Å². The van der Waals surface area contributed by atoms with Gasteiger partial charge in [-0.25, -0.2) is 13.2 Å². The van der Waals surface area contributed by atoms with E-state index in [2.05, 4.69) is 5.32 Å². The van der Waals surface area contributed by atoms with Crippen LogP contribution in [0.15, 0.2) is 60.7 Å². The van der Waals surface area contributed by atoms with Gasteiger partial charge < -0.3 is 14.8 Å². The van der Waals surface area contributed by atoms with E-state index in [-0.39, 0.29) is 35.4 Å². The number of halogens is 3. The first-order chi connectivity index (χ1) is 21.1. The van der Waals surface area contributed by atoms with Crippen LogP contribution in [0.5, 0.6) is 11.5 Å². The molecule has 7 heteroatoms. The van der Waals surface area contributed by atoms with E-state index in [1.807, 2.05) is 60.4 Å². The topological polar surface area (TPSA) is 33.7 Å². The zero-order valence-corrected chi connectivity index (χ0v) is 26.2. The van der Waals surface area contributed by atoms with Crippen molar-refractivity contribution in [2.75, 3.05) is 19.6 Å². The summed E-state index contributed by atoms with van der Waals surface area (Å²) in [6.07, 6.45) is 6.86. The molecule has 0 aromatic heterocycles. The van der Waals surface area contributed by atoms with Crippen LogP contribution in [-0.4, -0.2) is 42.3 Å². The SMILES string of the molecule is C[C@@H]1Cc2cc(OCc3ccccc3)ccc2C(c2c(F)cc(OC3CCCC4(CCNCC4)C3)cc2F)N1CC(C)(C)F. The molecule has 0 bridgehead atoms. The first-order valence-corrected chi connectivity index (χ1v) is 16.2. The monoisotopic (exact) mass is 606 g/mol. The fourth-order valence-corrected chi connectivity index (χ4v) is 7.71. The predicted molar refractivity (Wildman–Crippen MR) is 168 cm³/mol. The lowest BCUT2D eigenvalue weighted by atomic mass is 9.67. The highest BCUT2D eigenvalue weighted by Crippen LogP contribution is 2.46. The van der Waals surface area contributed by atoms with Crippen molar-refractivity contribution in [2.45, 2.75) is 96.2 Å². The molecule has 1 aliphatic carbocycles. The summed E-state index contributed by atoms with van der Waals surface area (Å²) in [5.41, 5.74) is 1.42. The fourth-order valence-electron chi connectivity index (χ4n) is 7.71. The highest BCUT2D eigenvalue weighted by atomic mass is 19.1. The van der Waals surface area contributed by atoms with E-state index in [9.17, 15) is 0 Å². The molecular weight excluding hydrogens is 561 g/mol. The third kappa shape index (κ3) is 6.94. The lowest BCUT2D eigenvalue weighted by Gasteiger charge is -2.44. The smallest absolute Gasteiger partial charge is 0.134 e. The summed E-state index contributed by atoms with van der Waals surface area (Å²) in [6.45, 7) is 7.50. The standard InChI is InChI=1S/C37H45F3N2O2/c1-25-18-27-19-28(43-23-26-8-5-4-6-9-26)11-12-31(27)35(42(25)24-36(2,3)40)34-32(38)20-30(21-33(34)39)44-29-10-7-13-37(22-29)14-16-41-17-15-37/h4-6,8-9,11-12,19-21,25,29,35,41H,7,10,13-18,22-24H2,1-3H3/t25-,29?,35?/m1/s1. The molecule has 0 amide bonds. The lowest BCUT2D eigenvalue weighted by Crippen LogP contribution is -2.48. The van der Waals surface area contributed by atoms with Gasteiger partial charge in [-0.2, -0.15) is 0 Å². The van der Waals surface area contributed by atoms with E-state index in [1.165, 1.54) is 32.4 Å². The molecule has 2 aliphatic heterocycles. The summed E-state index contributed by atoms with van der Waals surface area (Å²) in [7, 11) is 0. The first-order valence-electron chi connectivity index (χ1n) is 16.2. The van der Waals surface area contributed by atoms with Crippen LogP contribution in [0.4, 0.5) is 13.2 Å². The van der Waals surface area contributed by atoms with Gasteiger partial charge in [0.15, 0.2) is 0 Å². The Kier molecular flexibility index (Phi) is 8.98. The molecule has 3 aromatic carbocycles. The largest absolute Gasteiger partial charge is 0.490 e. The minimum atomic E-state index is -1.55. The van der Waals surface area contributed by atoms with E-state index in [0.717, 1.165) is 61.9 Å².